The number of nitrogens with zero attached hydrogens (tertiary/aromatic N) is 1. The Morgan fingerprint density at radius 1 is 1.36 bits per heavy atom. The quantitative estimate of drug-likeness (QED) is 0.768. The van der Waals surface area contributed by atoms with Gasteiger partial charge in [0.15, 0.2) is 0 Å². The Morgan fingerprint density at radius 2 is 2.00 bits per heavy atom. The first kappa shape index (κ1) is 10.4. The number of carbonyl (C=O) groups is 1. The molecule has 0 radical (unpaired) electrons. The number of aromatic hydroxyl groups is 1. The van der Waals surface area contributed by atoms with Gasteiger partial charge in [0.1, 0.15) is 11.5 Å². The summed E-state index contributed by atoms with van der Waals surface area (Å²) in [5.74, 6) is 0.323. The summed E-state index contributed by atoms with van der Waals surface area (Å²) < 4.78 is 4.93. The van der Waals surface area contributed by atoms with E-state index in [0.29, 0.717) is 11.3 Å². The monoisotopic (exact) mass is 195 g/mol. The molecule has 76 valence electrons. The van der Waals surface area contributed by atoms with Crippen molar-refractivity contribution in [3.05, 3.63) is 23.8 Å². The van der Waals surface area contributed by atoms with E-state index in [2.05, 4.69) is 0 Å². The molecule has 1 N–H and O–H groups in total. The van der Waals surface area contributed by atoms with E-state index in [9.17, 15) is 9.90 Å². The molecule has 1 aromatic carbocycles. The van der Waals surface area contributed by atoms with Gasteiger partial charge in [-0.15, -0.1) is 0 Å². The normalized spacial score (nSPS) is 9.64. The van der Waals surface area contributed by atoms with Crippen LogP contribution in [0.5, 0.6) is 11.5 Å². The first-order valence-corrected chi connectivity index (χ1v) is 4.14. The summed E-state index contributed by atoms with van der Waals surface area (Å²) in [7, 11) is 4.79. The SMILES string of the molecule is COc1cc(O)cc(C(=O)N(C)C)c1. The summed E-state index contributed by atoms with van der Waals surface area (Å²) >= 11 is 0. The van der Waals surface area contributed by atoms with E-state index in [1.54, 1.807) is 20.2 Å². The van der Waals surface area contributed by atoms with Crippen LogP contribution in [0.25, 0.3) is 0 Å². The van der Waals surface area contributed by atoms with Gasteiger partial charge in [0.05, 0.1) is 7.11 Å². The third kappa shape index (κ3) is 2.16. The lowest BCUT2D eigenvalue weighted by Crippen LogP contribution is -2.21. The summed E-state index contributed by atoms with van der Waals surface area (Å²) in [5.41, 5.74) is 0.409. The standard InChI is InChI=1S/C10H13NO3/c1-11(2)10(13)7-4-8(12)6-9(5-7)14-3/h4-6,12H,1-3H3. The molecule has 0 aromatic heterocycles. The average molecular weight is 195 g/mol. The number of ether oxygens (including phenoxy) is 1. The van der Waals surface area contributed by atoms with Gasteiger partial charge in [-0.05, 0) is 12.1 Å². The molecule has 1 rings (SSSR count). The second-order valence-electron chi connectivity index (χ2n) is 3.12. The van der Waals surface area contributed by atoms with E-state index in [-0.39, 0.29) is 11.7 Å². The van der Waals surface area contributed by atoms with Gasteiger partial charge in [-0.1, -0.05) is 0 Å². The van der Waals surface area contributed by atoms with E-state index in [4.69, 9.17) is 4.74 Å². The molecule has 4 nitrogen and oxygen atoms in total. The minimum absolute atomic E-state index is 0.0227. The molecule has 0 fully saturated rings. The number of amides is 1. The summed E-state index contributed by atoms with van der Waals surface area (Å²) in [6, 6.07) is 4.44. The number of phenolic OH excluding ortho intramolecular Hbond substituents is 1. The number of hydrogen-bond acceptors (Lipinski definition) is 3. The van der Waals surface area contributed by atoms with Crippen molar-refractivity contribution < 1.29 is 14.6 Å². The van der Waals surface area contributed by atoms with Crippen molar-refractivity contribution in [1.82, 2.24) is 4.90 Å². The fourth-order valence-electron chi connectivity index (χ4n) is 1.08. The predicted molar refractivity (Wildman–Crippen MR) is 52.7 cm³/mol. The highest BCUT2D eigenvalue weighted by Gasteiger charge is 2.10. The third-order valence-corrected chi connectivity index (χ3v) is 1.78. The van der Waals surface area contributed by atoms with E-state index in [1.165, 1.54) is 24.1 Å². The van der Waals surface area contributed by atoms with E-state index >= 15 is 0 Å². The Morgan fingerprint density at radius 3 is 2.50 bits per heavy atom. The number of rotatable bonds is 2. The Hall–Kier alpha value is -1.71. The number of phenols is 1. The lowest BCUT2D eigenvalue weighted by Gasteiger charge is -2.11. The molecule has 0 bridgehead atoms. The van der Waals surface area contributed by atoms with Gasteiger partial charge in [-0.3, -0.25) is 4.79 Å². The summed E-state index contributed by atoms with van der Waals surface area (Å²) in [6.45, 7) is 0. The molecule has 0 aliphatic rings. The fourth-order valence-corrected chi connectivity index (χ4v) is 1.08. The molecule has 0 aliphatic heterocycles. The van der Waals surface area contributed by atoms with Crippen LogP contribution in [-0.2, 0) is 0 Å². The van der Waals surface area contributed by atoms with Crippen molar-refractivity contribution in [2.45, 2.75) is 0 Å². The lowest BCUT2D eigenvalue weighted by atomic mass is 10.2. The van der Waals surface area contributed by atoms with Crippen LogP contribution in [0.3, 0.4) is 0 Å². The highest BCUT2D eigenvalue weighted by atomic mass is 16.5. The zero-order valence-electron chi connectivity index (χ0n) is 8.44. The Labute approximate surface area is 82.7 Å². The summed E-state index contributed by atoms with van der Waals surface area (Å²) in [5, 5.41) is 9.30. The lowest BCUT2D eigenvalue weighted by molar-refractivity contribution is 0.0827. The first-order chi connectivity index (χ1) is 6.54. The Bertz CT molecular complexity index is 347. The van der Waals surface area contributed by atoms with Crippen molar-refractivity contribution in [2.75, 3.05) is 21.2 Å². The van der Waals surface area contributed by atoms with Crippen LogP contribution in [0.1, 0.15) is 10.4 Å². The number of hydrogen-bond donors (Lipinski definition) is 1. The maximum Gasteiger partial charge on any atom is 0.253 e. The van der Waals surface area contributed by atoms with Gasteiger partial charge < -0.3 is 14.7 Å². The topological polar surface area (TPSA) is 49.8 Å². The van der Waals surface area contributed by atoms with Crippen molar-refractivity contribution in [2.24, 2.45) is 0 Å². The molecular weight excluding hydrogens is 182 g/mol. The van der Waals surface area contributed by atoms with E-state index in [0.717, 1.165) is 0 Å². The van der Waals surface area contributed by atoms with Crippen LogP contribution in [0.2, 0.25) is 0 Å². The first-order valence-electron chi connectivity index (χ1n) is 4.14. The fraction of sp³-hybridized carbons (Fsp3) is 0.300. The van der Waals surface area contributed by atoms with Gasteiger partial charge in [0.2, 0.25) is 0 Å². The van der Waals surface area contributed by atoms with Gasteiger partial charge in [0, 0.05) is 25.7 Å². The molecule has 0 saturated carbocycles. The Balaban J connectivity index is 3.09. The molecule has 0 spiro atoms. The van der Waals surface area contributed by atoms with Crippen molar-refractivity contribution in [1.29, 1.82) is 0 Å². The van der Waals surface area contributed by atoms with Gasteiger partial charge in [0.25, 0.3) is 5.91 Å². The summed E-state index contributed by atoms with van der Waals surface area (Å²) in [6.07, 6.45) is 0. The molecular formula is C10H13NO3. The largest absolute Gasteiger partial charge is 0.508 e. The van der Waals surface area contributed by atoms with Crippen LogP contribution < -0.4 is 4.74 Å². The van der Waals surface area contributed by atoms with Gasteiger partial charge in [-0.25, -0.2) is 0 Å². The van der Waals surface area contributed by atoms with E-state index < -0.39 is 0 Å². The molecule has 0 aliphatic carbocycles. The van der Waals surface area contributed by atoms with Gasteiger partial charge >= 0.3 is 0 Å². The Kier molecular flexibility index (Phi) is 2.96. The number of benzene rings is 1. The van der Waals surface area contributed by atoms with Crippen LogP contribution in [0.15, 0.2) is 18.2 Å². The second-order valence-corrected chi connectivity index (χ2v) is 3.12. The minimum Gasteiger partial charge on any atom is -0.508 e. The second kappa shape index (κ2) is 4.00. The number of carbonyl (C=O) groups excluding carboxylic acids is 1. The molecule has 4 heteroatoms. The smallest absolute Gasteiger partial charge is 0.253 e. The molecule has 0 saturated heterocycles. The molecule has 1 amide bonds. The molecule has 0 unspecified atom stereocenters. The van der Waals surface area contributed by atoms with Crippen LogP contribution >= 0.6 is 0 Å². The van der Waals surface area contributed by atoms with Crippen LogP contribution in [0.4, 0.5) is 0 Å². The maximum atomic E-state index is 11.5. The average Bonchev–Trinajstić information content (AvgIpc) is 2.15. The molecule has 1 aromatic rings. The molecule has 14 heavy (non-hydrogen) atoms. The van der Waals surface area contributed by atoms with E-state index in [1.807, 2.05) is 0 Å². The zero-order valence-corrected chi connectivity index (χ0v) is 8.44. The van der Waals surface area contributed by atoms with Crippen LogP contribution in [0, 0.1) is 0 Å². The summed E-state index contributed by atoms with van der Waals surface area (Å²) in [4.78, 5) is 13.0. The highest BCUT2D eigenvalue weighted by Crippen LogP contribution is 2.21. The van der Waals surface area contributed by atoms with Crippen LogP contribution in [-0.4, -0.2) is 37.1 Å². The van der Waals surface area contributed by atoms with Crippen molar-refractivity contribution in [3.8, 4) is 11.5 Å². The van der Waals surface area contributed by atoms with Gasteiger partial charge in [-0.2, -0.15) is 0 Å². The maximum absolute atomic E-state index is 11.5. The highest BCUT2D eigenvalue weighted by molar-refractivity contribution is 5.94. The molecule has 0 atom stereocenters. The minimum atomic E-state index is -0.167. The third-order valence-electron chi connectivity index (χ3n) is 1.78. The number of methoxy groups -OCH3 is 1. The predicted octanol–water partition coefficient (Wildman–Crippen LogP) is 1.10. The van der Waals surface area contributed by atoms with Crippen molar-refractivity contribution >= 4 is 5.91 Å². The zero-order chi connectivity index (χ0) is 10.7. The molecule has 0 heterocycles. The van der Waals surface area contributed by atoms with Crippen molar-refractivity contribution in [3.63, 3.8) is 0 Å².